The van der Waals surface area contributed by atoms with Crippen LogP contribution in [0.2, 0.25) is 0 Å². The molecular formula is C17H19N3O3. The maximum absolute atomic E-state index is 12.0. The summed E-state index contributed by atoms with van der Waals surface area (Å²) in [4.78, 5) is 22.5. The molecule has 120 valence electrons. The van der Waals surface area contributed by atoms with E-state index in [0.717, 1.165) is 11.1 Å². The number of nitrogens with one attached hydrogen (secondary N) is 2. The van der Waals surface area contributed by atoms with Crippen LogP contribution < -0.4 is 10.6 Å². The highest BCUT2D eigenvalue weighted by Gasteiger charge is 2.11. The Labute approximate surface area is 134 Å². The molecule has 0 saturated carbocycles. The number of amides is 1. The van der Waals surface area contributed by atoms with E-state index >= 15 is 0 Å². The normalized spacial score (nSPS) is 10.2. The summed E-state index contributed by atoms with van der Waals surface area (Å²) in [6, 6.07) is 12.0. The van der Waals surface area contributed by atoms with Crippen LogP contribution >= 0.6 is 0 Å². The molecule has 6 heteroatoms. The summed E-state index contributed by atoms with van der Waals surface area (Å²) in [6.07, 6.45) is 0. The van der Waals surface area contributed by atoms with Gasteiger partial charge < -0.3 is 10.6 Å². The molecule has 0 aliphatic carbocycles. The zero-order valence-corrected chi connectivity index (χ0v) is 13.1. The number of hydrogen-bond acceptors (Lipinski definition) is 4. The molecule has 2 aromatic carbocycles. The van der Waals surface area contributed by atoms with E-state index in [9.17, 15) is 14.9 Å². The van der Waals surface area contributed by atoms with Crippen molar-refractivity contribution in [3.05, 3.63) is 69.3 Å². The number of anilines is 1. The lowest BCUT2D eigenvalue weighted by molar-refractivity contribution is -0.384. The average Bonchev–Trinajstić information content (AvgIpc) is 2.54. The van der Waals surface area contributed by atoms with Crippen molar-refractivity contribution < 1.29 is 9.72 Å². The largest absolute Gasteiger partial charge is 0.378 e. The van der Waals surface area contributed by atoms with Gasteiger partial charge in [0.25, 0.3) is 11.6 Å². The highest BCUT2D eigenvalue weighted by molar-refractivity contribution is 5.94. The van der Waals surface area contributed by atoms with E-state index in [1.165, 1.54) is 6.07 Å². The number of carbonyl (C=O) groups excluding carboxylic acids is 1. The van der Waals surface area contributed by atoms with Crippen LogP contribution in [0.25, 0.3) is 0 Å². The van der Waals surface area contributed by atoms with Crippen molar-refractivity contribution in [2.45, 2.75) is 13.8 Å². The molecule has 2 rings (SSSR count). The van der Waals surface area contributed by atoms with Gasteiger partial charge in [0, 0.05) is 24.7 Å². The third-order valence-electron chi connectivity index (χ3n) is 3.60. The predicted molar refractivity (Wildman–Crippen MR) is 89.8 cm³/mol. The first-order valence-electron chi connectivity index (χ1n) is 7.32. The van der Waals surface area contributed by atoms with E-state index in [0.29, 0.717) is 24.3 Å². The minimum atomic E-state index is -0.435. The SMILES string of the molecule is Cc1ccc(C(=O)NCCNc2ccccc2[N+](=O)[O-])cc1C. The molecule has 0 atom stereocenters. The molecule has 0 aromatic heterocycles. The molecule has 0 aliphatic heterocycles. The van der Waals surface area contributed by atoms with Crippen molar-refractivity contribution in [3.63, 3.8) is 0 Å². The molecule has 0 aliphatic rings. The lowest BCUT2D eigenvalue weighted by atomic mass is 10.1. The average molecular weight is 313 g/mol. The van der Waals surface area contributed by atoms with E-state index in [1.807, 2.05) is 26.0 Å². The smallest absolute Gasteiger partial charge is 0.292 e. The summed E-state index contributed by atoms with van der Waals surface area (Å²) < 4.78 is 0. The molecule has 6 nitrogen and oxygen atoms in total. The number of nitro groups is 1. The van der Waals surface area contributed by atoms with Crippen LogP contribution in [0, 0.1) is 24.0 Å². The Balaban J connectivity index is 1.87. The first-order valence-corrected chi connectivity index (χ1v) is 7.32. The van der Waals surface area contributed by atoms with E-state index in [-0.39, 0.29) is 11.6 Å². The standard InChI is InChI=1S/C17H19N3O3/c1-12-7-8-14(11-13(12)2)17(21)19-10-9-18-15-5-3-4-6-16(15)20(22)23/h3-8,11,18H,9-10H2,1-2H3,(H,19,21). The third-order valence-corrected chi connectivity index (χ3v) is 3.60. The number of nitrogens with zero attached hydrogens (tertiary/aromatic N) is 1. The highest BCUT2D eigenvalue weighted by Crippen LogP contribution is 2.22. The van der Waals surface area contributed by atoms with Gasteiger partial charge in [-0.2, -0.15) is 0 Å². The van der Waals surface area contributed by atoms with Crippen molar-refractivity contribution in [2.75, 3.05) is 18.4 Å². The van der Waals surface area contributed by atoms with Crippen LogP contribution in [0.4, 0.5) is 11.4 Å². The van der Waals surface area contributed by atoms with Gasteiger partial charge in [-0.3, -0.25) is 14.9 Å². The van der Waals surface area contributed by atoms with Gasteiger partial charge in [0.1, 0.15) is 5.69 Å². The first-order chi connectivity index (χ1) is 11.0. The summed E-state index contributed by atoms with van der Waals surface area (Å²) in [7, 11) is 0. The minimum absolute atomic E-state index is 0.0213. The second-order valence-corrected chi connectivity index (χ2v) is 5.26. The van der Waals surface area contributed by atoms with Gasteiger partial charge in [0.05, 0.1) is 4.92 Å². The fourth-order valence-electron chi connectivity index (χ4n) is 2.14. The number of carbonyl (C=O) groups is 1. The molecule has 0 unspecified atom stereocenters. The summed E-state index contributed by atoms with van der Waals surface area (Å²) in [6.45, 7) is 4.73. The lowest BCUT2D eigenvalue weighted by Gasteiger charge is -2.09. The van der Waals surface area contributed by atoms with E-state index < -0.39 is 4.92 Å². The third kappa shape index (κ3) is 4.29. The Morgan fingerprint density at radius 2 is 1.83 bits per heavy atom. The van der Waals surface area contributed by atoms with Crippen molar-refractivity contribution in [3.8, 4) is 0 Å². The lowest BCUT2D eigenvalue weighted by Crippen LogP contribution is -2.28. The molecule has 2 aromatic rings. The first kappa shape index (κ1) is 16.5. The van der Waals surface area contributed by atoms with Crippen LogP contribution in [0.5, 0.6) is 0 Å². The fraction of sp³-hybridized carbons (Fsp3) is 0.235. The number of rotatable bonds is 6. The van der Waals surface area contributed by atoms with Crippen LogP contribution in [-0.4, -0.2) is 23.9 Å². The van der Waals surface area contributed by atoms with Crippen LogP contribution in [0.15, 0.2) is 42.5 Å². The summed E-state index contributed by atoms with van der Waals surface area (Å²) >= 11 is 0. The number of hydrogen-bond donors (Lipinski definition) is 2. The monoisotopic (exact) mass is 313 g/mol. The van der Waals surface area contributed by atoms with E-state index in [2.05, 4.69) is 10.6 Å². The number of para-hydroxylation sites is 2. The van der Waals surface area contributed by atoms with Gasteiger partial charge in [0.15, 0.2) is 0 Å². The van der Waals surface area contributed by atoms with Gasteiger partial charge in [-0.05, 0) is 43.2 Å². The van der Waals surface area contributed by atoms with Gasteiger partial charge in [-0.25, -0.2) is 0 Å². The second-order valence-electron chi connectivity index (χ2n) is 5.26. The Morgan fingerprint density at radius 1 is 1.09 bits per heavy atom. The van der Waals surface area contributed by atoms with E-state index in [4.69, 9.17) is 0 Å². The van der Waals surface area contributed by atoms with Crippen molar-refractivity contribution >= 4 is 17.3 Å². The van der Waals surface area contributed by atoms with Gasteiger partial charge in [-0.15, -0.1) is 0 Å². The molecule has 0 heterocycles. The second kappa shape index (κ2) is 7.40. The summed E-state index contributed by atoms with van der Waals surface area (Å²) in [5.41, 5.74) is 3.28. The van der Waals surface area contributed by atoms with Crippen LogP contribution in [0.3, 0.4) is 0 Å². The highest BCUT2D eigenvalue weighted by atomic mass is 16.6. The molecule has 0 radical (unpaired) electrons. The minimum Gasteiger partial charge on any atom is -0.378 e. The quantitative estimate of drug-likeness (QED) is 0.488. The number of benzene rings is 2. The number of aryl methyl sites for hydroxylation is 2. The Kier molecular flexibility index (Phi) is 5.30. The Bertz CT molecular complexity index is 729. The van der Waals surface area contributed by atoms with Gasteiger partial charge >= 0.3 is 0 Å². The summed E-state index contributed by atoms with van der Waals surface area (Å²) in [5, 5.41) is 16.7. The molecule has 1 amide bonds. The topological polar surface area (TPSA) is 84.3 Å². The van der Waals surface area contributed by atoms with Gasteiger partial charge in [0.2, 0.25) is 0 Å². The van der Waals surface area contributed by atoms with Crippen molar-refractivity contribution in [2.24, 2.45) is 0 Å². The maximum Gasteiger partial charge on any atom is 0.292 e. The molecular weight excluding hydrogens is 294 g/mol. The Hall–Kier alpha value is -2.89. The fourth-order valence-corrected chi connectivity index (χ4v) is 2.14. The van der Waals surface area contributed by atoms with Crippen molar-refractivity contribution in [1.29, 1.82) is 0 Å². The molecule has 23 heavy (non-hydrogen) atoms. The molecule has 0 spiro atoms. The van der Waals surface area contributed by atoms with Crippen LogP contribution in [0.1, 0.15) is 21.5 Å². The Morgan fingerprint density at radius 3 is 2.52 bits per heavy atom. The summed E-state index contributed by atoms with van der Waals surface area (Å²) in [5.74, 6) is -0.155. The predicted octanol–water partition coefficient (Wildman–Crippen LogP) is 3.05. The van der Waals surface area contributed by atoms with E-state index in [1.54, 1.807) is 24.3 Å². The molecule has 0 bridgehead atoms. The maximum atomic E-state index is 12.0. The molecule has 2 N–H and O–H groups in total. The molecule has 0 saturated heterocycles. The zero-order chi connectivity index (χ0) is 16.8. The molecule has 0 fully saturated rings. The van der Waals surface area contributed by atoms with Crippen LogP contribution in [-0.2, 0) is 0 Å². The van der Waals surface area contributed by atoms with Gasteiger partial charge in [-0.1, -0.05) is 18.2 Å². The number of nitro benzene ring substituents is 1. The zero-order valence-electron chi connectivity index (χ0n) is 13.1. The van der Waals surface area contributed by atoms with Crippen molar-refractivity contribution in [1.82, 2.24) is 5.32 Å².